The number of pyridine rings is 2. The summed E-state index contributed by atoms with van der Waals surface area (Å²) in [4.78, 5) is 100. The Kier molecular flexibility index (Phi) is 35.5. The van der Waals surface area contributed by atoms with E-state index in [0.29, 0.717) is 61.0 Å². The Labute approximate surface area is 799 Å². The second kappa shape index (κ2) is 47.5. The third kappa shape index (κ3) is 28.2. The van der Waals surface area contributed by atoms with Gasteiger partial charge in [0.25, 0.3) is 0 Å². The van der Waals surface area contributed by atoms with Crippen LogP contribution in [0.5, 0.6) is 0 Å². The van der Waals surface area contributed by atoms with Crippen LogP contribution in [0.4, 0.5) is 64.1 Å². The highest BCUT2D eigenvalue weighted by Crippen LogP contribution is 2.35. The number of anilines is 11. The Hall–Kier alpha value is -13.3. The number of imidazole rings is 2. The Morgan fingerprint density at radius 3 is 1.38 bits per heavy atom. The predicted molar refractivity (Wildman–Crippen MR) is 542 cm³/mol. The lowest BCUT2D eigenvalue weighted by Gasteiger charge is -2.29. The van der Waals surface area contributed by atoms with Gasteiger partial charge in [-0.2, -0.15) is 19.9 Å². The lowest BCUT2D eigenvalue weighted by Crippen LogP contribution is -2.43. The second-order valence-corrected chi connectivity index (χ2v) is 38.6. The molecule has 11 N–H and O–H groups in total. The zero-order valence-corrected chi connectivity index (χ0v) is 82.6. The fourth-order valence-corrected chi connectivity index (χ4v) is 18.1. The number of thiazole rings is 3. The topological polar surface area (TPSA) is 441 Å². The lowest BCUT2D eigenvalue weighted by atomic mass is 9.97. The molecule has 13 heterocycles. The number of aliphatic hydroxyl groups excluding tert-OH is 1. The average Bonchev–Trinajstić information content (AvgIpc) is 1.65. The molecule has 39 heteroatoms. The van der Waals surface area contributed by atoms with Crippen LogP contribution in [0.1, 0.15) is 165 Å². The van der Waals surface area contributed by atoms with Crippen molar-refractivity contribution in [3.8, 4) is 31.7 Å². The molecule has 710 valence electrons. The Balaban J connectivity index is 0.000000152. The van der Waals surface area contributed by atoms with Crippen molar-refractivity contribution in [1.29, 1.82) is 0 Å². The molecule has 0 unspecified atom stereocenters. The van der Waals surface area contributed by atoms with Crippen LogP contribution in [0.15, 0.2) is 181 Å². The van der Waals surface area contributed by atoms with Crippen LogP contribution in [0.25, 0.3) is 54.0 Å². The molecule has 135 heavy (non-hydrogen) atoms. The summed E-state index contributed by atoms with van der Waals surface area (Å²) in [6.07, 6.45) is 22.2. The molecule has 35 nitrogen and oxygen atoms in total. The normalized spacial score (nSPS) is 12.7. The Morgan fingerprint density at radius 2 is 0.985 bits per heavy atom. The van der Waals surface area contributed by atoms with Crippen LogP contribution in [-0.2, 0) is 54.2 Å². The highest BCUT2D eigenvalue weighted by molar-refractivity contribution is 7.90. The molecule has 1 aliphatic rings. The van der Waals surface area contributed by atoms with E-state index in [-0.39, 0.29) is 39.8 Å². The van der Waals surface area contributed by atoms with Gasteiger partial charge in [0.05, 0.1) is 94.5 Å². The van der Waals surface area contributed by atoms with Gasteiger partial charge in [-0.15, -0.1) is 22.7 Å². The van der Waals surface area contributed by atoms with E-state index in [2.05, 4.69) is 186 Å². The number of carbonyl (C=O) groups is 1. The number of nitrogens with zero attached hydrogens (tertiary/aromatic N) is 20. The van der Waals surface area contributed by atoms with Crippen LogP contribution in [0, 0.1) is 20.8 Å². The van der Waals surface area contributed by atoms with Crippen LogP contribution in [-0.4, -0.2) is 174 Å². The number of hydrogen-bond acceptors (Lipinski definition) is 34. The van der Waals surface area contributed by atoms with Crippen molar-refractivity contribution in [2.75, 3.05) is 74.6 Å². The molecular weight excluding hydrogens is 1780 g/mol. The third-order valence-electron chi connectivity index (χ3n) is 21.7. The summed E-state index contributed by atoms with van der Waals surface area (Å²) in [5, 5.41) is 51.6. The minimum atomic E-state index is -3.21. The summed E-state index contributed by atoms with van der Waals surface area (Å²) in [5.41, 5.74) is 14.3. The van der Waals surface area contributed by atoms with Gasteiger partial charge in [0, 0.05) is 150 Å². The summed E-state index contributed by atoms with van der Waals surface area (Å²) in [5.74, 6) is 3.75. The first kappa shape index (κ1) is 101. The molecule has 15 aromatic rings. The van der Waals surface area contributed by atoms with Crippen LogP contribution >= 0.6 is 34.0 Å². The number of fused-ring (bicyclic) bond motifs is 2. The van der Waals surface area contributed by atoms with Gasteiger partial charge in [0.2, 0.25) is 35.6 Å². The van der Waals surface area contributed by atoms with Crippen molar-refractivity contribution in [2.24, 2.45) is 7.05 Å². The van der Waals surface area contributed by atoms with Gasteiger partial charge in [-0.05, 0) is 215 Å². The maximum Gasteiger partial charge on any atom is 0.307 e. The number of carbonyl (C=O) groups excluding carboxylic acids is 1. The minimum absolute atomic E-state index is 0.0131. The highest BCUT2D eigenvalue weighted by Gasteiger charge is 2.28. The average molecular weight is 1910 g/mol. The quantitative estimate of drug-likeness (QED) is 0.0182. The Bertz CT molecular complexity index is 6540. The second-order valence-electron chi connectivity index (χ2n) is 33.5. The molecule has 1 saturated heterocycles. The van der Waals surface area contributed by atoms with Crippen molar-refractivity contribution in [2.45, 2.75) is 203 Å². The zero-order valence-electron chi connectivity index (χ0n) is 79.3. The van der Waals surface area contributed by atoms with E-state index in [4.69, 9.17) is 0 Å². The van der Waals surface area contributed by atoms with E-state index in [0.717, 1.165) is 180 Å². The molecule has 0 bridgehead atoms. The standard InChI is InChI=1S/C20H29N7O.C20H23N5OS.C19H27N7O.C19H22N6OS.C18H20N4O2S2/c1-6-15(20(4,5)28)24-19-25-17(22-11-14-8-7-9-21-10-14)16-18(26-19)27(12-23-16)13(2)3;1-4-5-18-23-13(2)19(27-18)17-10-11-21-20(25-17)24-16-8-6-15(7-9-16)12-22-14(3)26;1-5-15(13(4)27)23-19-24-17(21-10-14-7-6-8-20-9-14)16-18(25-19)26(11-22-16)12(2)3;1-13-17(27-19(26)24(13)2)16-7-8-21-18(23-16)22-14-3-5-15(6-4-14)25-11-9-20-10-12-25;1-4-5-16-20-12(2)17(25-16)15-10-11-19-18(22-15)21-13-6-8-14(9-7-13)26(3,23)24/h7-10,12-13,15,28H,6,11H2,1-5H3,(H2,22,24,25,26);6-11H,4-5,12H2,1-3H3,(H,22,26)(H,21,24,25);6-9,11-13,15,27H,5,10H2,1-4H3,(H2,21,23,24,25);3-8,20H,9-12H2,1-2H3,(H,21,22,23);6-11H,4-5H2,1-3H3,(H,19,21,22)/t15-;;13-,15+;;/m0.1../s1. The van der Waals surface area contributed by atoms with E-state index >= 15 is 0 Å². The number of amides is 1. The Morgan fingerprint density at radius 1 is 0.533 bits per heavy atom. The number of rotatable bonds is 33. The van der Waals surface area contributed by atoms with Gasteiger partial charge in [0.1, 0.15) is 0 Å². The van der Waals surface area contributed by atoms with E-state index < -0.39 is 21.5 Å². The summed E-state index contributed by atoms with van der Waals surface area (Å²) in [6.45, 7) is 35.2. The fourth-order valence-electron chi connectivity index (χ4n) is 14.2. The number of benzene rings is 3. The summed E-state index contributed by atoms with van der Waals surface area (Å²) < 4.78 is 28.7. The first-order valence-corrected chi connectivity index (χ1v) is 49.4. The molecule has 16 rings (SSSR count). The number of piperazine rings is 1. The van der Waals surface area contributed by atoms with Crippen LogP contribution in [0.3, 0.4) is 0 Å². The minimum Gasteiger partial charge on any atom is -0.391 e. The summed E-state index contributed by atoms with van der Waals surface area (Å²) in [7, 11) is -1.43. The van der Waals surface area contributed by atoms with Gasteiger partial charge in [-0.1, -0.05) is 63.3 Å². The number of aliphatic hydroxyl groups is 2. The van der Waals surface area contributed by atoms with Gasteiger partial charge in [0.15, 0.2) is 43.8 Å². The van der Waals surface area contributed by atoms with Crippen molar-refractivity contribution >= 4 is 136 Å². The molecule has 0 spiro atoms. The molecule has 3 aromatic carbocycles. The van der Waals surface area contributed by atoms with Crippen LogP contribution in [0.2, 0.25) is 0 Å². The fraction of sp³-hybridized carbons (Fsp3) is 0.375. The molecule has 1 fully saturated rings. The van der Waals surface area contributed by atoms with Crippen molar-refractivity contribution in [3.05, 3.63) is 225 Å². The van der Waals surface area contributed by atoms with Crippen LogP contribution < -0.4 is 57.6 Å². The van der Waals surface area contributed by atoms with Crippen molar-refractivity contribution in [1.82, 2.24) is 104 Å². The van der Waals surface area contributed by atoms with Gasteiger partial charge in [-0.3, -0.25) is 19.6 Å². The zero-order chi connectivity index (χ0) is 96.5. The summed E-state index contributed by atoms with van der Waals surface area (Å²) in [6, 6.07) is 36.2. The SMILES string of the molecule is CCCc1nc(C)c(-c2ccnc(Nc3ccc(CNC(C)=O)cc3)n2)s1.CCCc1nc(C)c(-c2ccnc(Nc3ccc(S(C)(=O)=O)cc3)n2)s1.CC[C@H](Nc1nc(NCc2cccnc2)c2ncn(C(C)C)c2n1)C(C)(C)O.CC[C@H](Nc1nc(NCc2cccnc2)c2ncn(C(C)C)c2n1)[C@@H](C)O.Cc1c(-c2ccnc(Nc3ccc(N4CCNCC4)cc3)n2)sc(=O)n1C. The maximum absolute atomic E-state index is 11.9. The molecule has 12 aromatic heterocycles. The van der Waals surface area contributed by atoms with Gasteiger partial charge in [-0.25, -0.2) is 58.3 Å². The van der Waals surface area contributed by atoms with E-state index in [1.54, 1.807) is 123 Å². The highest BCUT2D eigenvalue weighted by atomic mass is 32.2. The van der Waals surface area contributed by atoms with Crippen molar-refractivity contribution < 1.29 is 23.4 Å². The molecule has 1 amide bonds. The molecule has 0 aliphatic carbocycles. The van der Waals surface area contributed by atoms with Gasteiger partial charge < -0.3 is 76.7 Å². The van der Waals surface area contributed by atoms with E-state index in [1.807, 2.05) is 135 Å². The van der Waals surface area contributed by atoms with Gasteiger partial charge >= 0.3 is 4.87 Å². The van der Waals surface area contributed by atoms with E-state index in [9.17, 15) is 28.2 Å². The summed E-state index contributed by atoms with van der Waals surface area (Å²) >= 11 is 4.56. The first-order valence-electron chi connectivity index (χ1n) is 45.1. The molecule has 0 saturated carbocycles. The molecular formula is C96H121N29O6S4. The predicted octanol–water partition coefficient (Wildman–Crippen LogP) is 17.0. The molecule has 1 aliphatic heterocycles. The lowest BCUT2D eigenvalue weighted by molar-refractivity contribution is -0.119. The number of aromatic nitrogens is 19. The smallest absolute Gasteiger partial charge is 0.307 e. The molecule has 0 radical (unpaired) electrons. The number of nitrogens with one attached hydrogen (secondary N) is 9. The maximum atomic E-state index is 11.9. The third-order valence-corrected chi connectivity index (χ3v) is 26.5. The van der Waals surface area contributed by atoms with Crippen molar-refractivity contribution in [3.63, 3.8) is 0 Å². The number of sulfone groups is 1. The monoisotopic (exact) mass is 1900 g/mol. The van der Waals surface area contributed by atoms with E-state index in [1.165, 1.54) is 30.2 Å². The molecule has 3 atom stereocenters. The number of aryl methyl sites for hydroxylation is 4. The number of hydrogen-bond donors (Lipinski definition) is 11. The first-order chi connectivity index (χ1) is 64.8. The largest absolute Gasteiger partial charge is 0.391 e.